The molecule has 0 amide bonds. The first-order chi connectivity index (χ1) is 9.95. The normalized spacial score (nSPS) is 10.7. The lowest BCUT2D eigenvalue weighted by atomic mass is 10.2. The number of nitrogens with one attached hydrogen (secondary N) is 1. The molecule has 0 saturated heterocycles. The minimum atomic E-state index is -0.602. The van der Waals surface area contributed by atoms with Crippen LogP contribution in [0.2, 0.25) is 0 Å². The molecule has 2 aromatic rings. The summed E-state index contributed by atoms with van der Waals surface area (Å²) >= 11 is 0. The molecule has 0 bridgehead atoms. The van der Waals surface area contributed by atoms with Crippen LogP contribution in [-0.2, 0) is 6.54 Å². The maximum Gasteiger partial charge on any atom is 0.239 e. The zero-order valence-corrected chi connectivity index (χ0v) is 11.9. The van der Waals surface area contributed by atoms with Crippen LogP contribution in [0.4, 0.5) is 20.3 Å². The molecule has 2 rings (SSSR count). The smallest absolute Gasteiger partial charge is 0.239 e. The van der Waals surface area contributed by atoms with E-state index in [2.05, 4.69) is 10.3 Å². The average Bonchev–Trinajstić information content (AvgIpc) is 2.40. The van der Waals surface area contributed by atoms with Crippen molar-refractivity contribution in [2.24, 2.45) is 0 Å². The monoisotopic (exact) mass is 293 g/mol. The fourth-order valence-electron chi connectivity index (χ4n) is 1.72. The highest BCUT2D eigenvalue weighted by Gasteiger charge is 2.08. The van der Waals surface area contributed by atoms with Crippen LogP contribution in [0, 0.1) is 11.6 Å². The number of hydrogen-bond acceptors (Lipinski definition) is 4. The molecule has 0 saturated carbocycles. The first kappa shape index (κ1) is 15.0. The summed E-state index contributed by atoms with van der Waals surface area (Å²) in [4.78, 5) is 4.22. The second kappa shape index (κ2) is 6.39. The Labute approximate surface area is 122 Å². The highest BCUT2D eigenvalue weighted by Crippen LogP contribution is 2.22. The maximum absolute atomic E-state index is 13.5. The number of halogens is 2. The van der Waals surface area contributed by atoms with Crippen LogP contribution in [0.15, 0.2) is 30.3 Å². The number of pyridine rings is 1. The molecule has 4 nitrogen and oxygen atoms in total. The fraction of sp³-hybridized carbons (Fsp3) is 0.267. The molecule has 0 aliphatic rings. The van der Waals surface area contributed by atoms with Crippen LogP contribution in [0.3, 0.4) is 0 Å². The quantitative estimate of drug-likeness (QED) is 0.887. The molecule has 112 valence electrons. The minimum absolute atomic E-state index is 0.0513. The molecule has 1 heterocycles. The van der Waals surface area contributed by atoms with Crippen molar-refractivity contribution in [3.05, 3.63) is 47.5 Å². The molecule has 0 atom stereocenters. The van der Waals surface area contributed by atoms with Gasteiger partial charge in [-0.25, -0.2) is 8.78 Å². The van der Waals surface area contributed by atoms with Crippen LogP contribution < -0.4 is 15.8 Å². The Bertz CT molecular complexity index is 632. The van der Waals surface area contributed by atoms with Crippen molar-refractivity contribution in [1.29, 1.82) is 0 Å². The Morgan fingerprint density at radius 3 is 2.67 bits per heavy atom. The molecule has 0 unspecified atom stereocenters. The van der Waals surface area contributed by atoms with E-state index in [9.17, 15) is 8.78 Å². The highest BCUT2D eigenvalue weighted by atomic mass is 19.1. The molecular formula is C15H17F2N3O. The van der Waals surface area contributed by atoms with Gasteiger partial charge in [0.1, 0.15) is 17.5 Å². The van der Waals surface area contributed by atoms with Crippen molar-refractivity contribution in [3.8, 4) is 5.88 Å². The van der Waals surface area contributed by atoms with E-state index < -0.39 is 11.6 Å². The van der Waals surface area contributed by atoms with E-state index in [0.29, 0.717) is 22.9 Å². The molecule has 3 N–H and O–H groups in total. The predicted octanol–water partition coefficient (Wildman–Crippen LogP) is 3.34. The Hall–Kier alpha value is -2.37. The molecule has 0 aliphatic heterocycles. The van der Waals surface area contributed by atoms with Crippen molar-refractivity contribution in [2.75, 3.05) is 11.1 Å². The number of aromatic nitrogens is 1. The molecule has 0 radical (unpaired) electrons. The standard InChI is InChI=1S/C15H17F2N3O/c1-9(2)21-15-13(18)5-6-14(20-15)19-8-10-3-4-11(16)7-12(10)17/h3-7,9H,8,18H2,1-2H3,(H,19,20). The second-order valence-corrected chi connectivity index (χ2v) is 4.85. The number of benzene rings is 1. The number of hydrogen-bond donors (Lipinski definition) is 2. The summed E-state index contributed by atoms with van der Waals surface area (Å²) in [7, 11) is 0. The lowest BCUT2D eigenvalue weighted by molar-refractivity contribution is 0.234. The summed E-state index contributed by atoms with van der Waals surface area (Å²) in [5.74, 6) is -0.371. The van der Waals surface area contributed by atoms with Gasteiger partial charge in [-0.05, 0) is 32.0 Å². The third kappa shape index (κ3) is 4.05. The molecule has 6 heteroatoms. The van der Waals surface area contributed by atoms with Crippen molar-refractivity contribution in [3.63, 3.8) is 0 Å². The van der Waals surface area contributed by atoms with Crippen molar-refractivity contribution in [1.82, 2.24) is 4.98 Å². The summed E-state index contributed by atoms with van der Waals surface area (Å²) in [5, 5.41) is 2.95. The summed E-state index contributed by atoms with van der Waals surface area (Å²) in [6, 6.07) is 6.78. The van der Waals surface area contributed by atoms with Crippen molar-refractivity contribution >= 4 is 11.5 Å². The third-order valence-corrected chi connectivity index (χ3v) is 2.71. The van der Waals surface area contributed by atoms with Crippen LogP contribution in [-0.4, -0.2) is 11.1 Å². The van der Waals surface area contributed by atoms with Gasteiger partial charge in [0.2, 0.25) is 5.88 Å². The van der Waals surface area contributed by atoms with E-state index in [-0.39, 0.29) is 12.6 Å². The number of nitrogen functional groups attached to an aromatic ring is 1. The maximum atomic E-state index is 13.5. The number of nitrogens with two attached hydrogens (primary N) is 1. The molecule has 1 aromatic carbocycles. The zero-order valence-electron chi connectivity index (χ0n) is 11.9. The largest absolute Gasteiger partial charge is 0.473 e. The highest BCUT2D eigenvalue weighted by molar-refractivity contribution is 5.53. The average molecular weight is 293 g/mol. The minimum Gasteiger partial charge on any atom is -0.473 e. The van der Waals surface area contributed by atoms with Gasteiger partial charge in [0.05, 0.1) is 11.8 Å². The van der Waals surface area contributed by atoms with Crippen LogP contribution >= 0.6 is 0 Å². The zero-order chi connectivity index (χ0) is 15.4. The van der Waals surface area contributed by atoms with E-state index in [1.807, 2.05) is 13.8 Å². The van der Waals surface area contributed by atoms with Crippen molar-refractivity contribution in [2.45, 2.75) is 26.5 Å². The third-order valence-electron chi connectivity index (χ3n) is 2.71. The summed E-state index contributed by atoms with van der Waals surface area (Å²) < 4.78 is 31.8. The summed E-state index contributed by atoms with van der Waals surface area (Å²) in [6.07, 6.45) is -0.0513. The molecule has 0 spiro atoms. The van der Waals surface area contributed by atoms with Gasteiger partial charge in [0, 0.05) is 18.2 Å². The molecule has 0 aliphatic carbocycles. The van der Waals surface area contributed by atoms with Crippen LogP contribution in [0.1, 0.15) is 19.4 Å². The molecular weight excluding hydrogens is 276 g/mol. The lowest BCUT2D eigenvalue weighted by Gasteiger charge is -2.13. The topological polar surface area (TPSA) is 60.2 Å². The Balaban J connectivity index is 2.09. The van der Waals surface area contributed by atoms with Gasteiger partial charge in [-0.2, -0.15) is 4.98 Å². The number of nitrogens with zero attached hydrogens (tertiary/aromatic N) is 1. The predicted molar refractivity (Wildman–Crippen MR) is 78.1 cm³/mol. The number of ether oxygens (including phenoxy) is 1. The lowest BCUT2D eigenvalue weighted by Crippen LogP contribution is -2.10. The SMILES string of the molecule is CC(C)Oc1nc(NCc2ccc(F)cc2F)ccc1N. The van der Waals surface area contributed by atoms with E-state index in [1.165, 1.54) is 12.1 Å². The van der Waals surface area contributed by atoms with Crippen LogP contribution in [0.5, 0.6) is 5.88 Å². The summed E-state index contributed by atoms with van der Waals surface area (Å²) in [6.45, 7) is 3.92. The fourth-order valence-corrected chi connectivity index (χ4v) is 1.72. The Morgan fingerprint density at radius 1 is 1.24 bits per heavy atom. The first-order valence-corrected chi connectivity index (χ1v) is 6.56. The molecule has 0 fully saturated rings. The Kier molecular flexibility index (Phi) is 4.57. The first-order valence-electron chi connectivity index (χ1n) is 6.56. The van der Waals surface area contributed by atoms with Gasteiger partial charge in [-0.15, -0.1) is 0 Å². The van der Waals surface area contributed by atoms with E-state index in [0.717, 1.165) is 6.07 Å². The number of rotatable bonds is 5. The Morgan fingerprint density at radius 2 is 2.00 bits per heavy atom. The van der Waals surface area contributed by atoms with E-state index in [4.69, 9.17) is 10.5 Å². The van der Waals surface area contributed by atoms with Gasteiger partial charge in [0.25, 0.3) is 0 Å². The van der Waals surface area contributed by atoms with Gasteiger partial charge in [-0.1, -0.05) is 6.07 Å². The number of anilines is 2. The van der Waals surface area contributed by atoms with E-state index in [1.54, 1.807) is 12.1 Å². The van der Waals surface area contributed by atoms with Gasteiger partial charge < -0.3 is 15.8 Å². The second-order valence-electron chi connectivity index (χ2n) is 4.85. The van der Waals surface area contributed by atoms with Gasteiger partial charge in [-0.3, -0.25) is 0 Å². The molecule has 21 heavy (non-hydrogen) atoms. The molecule has 1 aromatic heterocycles. The van der Waals surface area contributed by atoms with Gasteiger partial charge in [0.15, 0.2) is 0 Å². The van der Waals surface area contributed by atoms with Crippen LogP contribution in [0.25, 0.3) is 0 Å². The van der Waals surface area contributed by atoms with Crippen molar-refractivity contribution < 1.29 is 13.5 Å². The summed E-state index contributed by atoms with van der Waals surface area (Å²) in [5.41, 5.74) is 6.55. The van der Waals surface area contributed by atoms with Gasteiger partial charge >= 0.3 is 0 Å². The van der Waals surface area contributed by atoms with E-state index >= 15 is 0 Å².